The van der Waals surface area contributed by atoms with Gasteiger partial charge in [-0.2, -0.15) is 0 Å². The molecule has 1 aromatic heterocycles. The summed E-state index contributed by atoms with van der Waals surface area (Å²) in [4.78, 5) is 19.9. The molecule has 2 unspecified atom stereocenters. The number of carbonyl (C=O) groups is 1. The minimum Gasteiger partial charge on any atom is -0.341 e. The maximum atomic E-state index is 12.7. The lowest BCUT2D eigenvalue weighted by atomic mass is 9.99. The van der Waals surface area contributed by atoms with Gasteiger partial charge in [0.05, 0.1) is 10.7 Å². The Morgan fingerprint density at radius 1 is 1.21 bits per heavy atom. The van der Waals surface area contributed by atoms with Crippen molar-refractivity contribution in [2.24, 2.45) is 0 Å². The molecule has 5 nitrogen and oxygen atoms in total. The summed E-state index contributed by atoms with van der Waals surface area (Å²) in [5.74, 6) is 0.477. The van der Waals surface area contributed by atoms with Crippen LogP contribution in [0.5, 0.6) is 0 Å². The van der Waals surface area contributed by atoms with E-state index in [1.807, 2.05) is 18.9 Å². The largest absolute Gasteiger partial charge is 0.341 e. The molecule has 0 saturated carbocycles. The molecule has 1 aliphatic heterocycles. The molecule has 0 bridgehead atoms. The van der Waals surface area contributed by atoms with Crippen LogP contribution in [0.25, 0.3) is 0 Å². The highest BCUT2D eigenvalue weighted by Gasteiger charge is 2.24. The third kappa shape index (κ3) is 5.87. The second-order valence-corrected chi connectivity index (χ2v) is 9.41. The van der Waals surface area contributed by atoms with Crippen molar-refractivity contribution in [1.29, 1.82) is 0 Å². The average Bonchev–Trinajstić information content (AvgIpc) is 3.34. The van der Waals surface area contributed by atoms with Crippen LogP contribution in [-0.4, -0.2) is 35.4 Å². The van der Waals surface area contributed by atoms with E-state index in [4.69, 9.17) is 0 Å². The van der Waals surface area contributed by atoms with Crippen LogP contribution >= 0.6 is 11.3 Å². The Morgan fingerprint density at radius 2 is 1.97 bits per heavy atom. The van der Waals surface area contributed by atoms with Gasteiger partial charge in [0, 0.05) is 31.6 Å². The summed E-state index contributed by atoms with van der Waals surface area (Å²) in [5.41, 5.74) is 9.08. The molecule has 29 heavy (non-hydrogen) atoms. The Bertz CT molecular complexity index is 789. The number of hydrazine groups is 1. The van der Waals surface area contributed by atoms with Crippen molar-refractivity contribution in [2.45, 2.75) is 70.9 Å². The predicted octanol–water partition coefficient (Wildman–Crippen LogP) is 4.82. The first-order chi connectivity index (χ1) is 14.0. The zero-order chi connectivity index (χ0) is 20.8. The molecular formula is C23H34N4OS. The van der Waals surface area contributed by atoms with Crippen LogP contribution < -0.4 is 10.9 Å². The first-order valence-electron chi connectivity index (χ1n) is 10.7. The highest BCUT2D eigenvalue weighted by atomic mass is 32.1. The number of amides is 1. The van der Waals surface area contributed by atoms with E-state index >= 15 is 0 Å². The third-order valence-electron chi connectivity index (χ3n) is 5.58. The fourth-order valence-corrected chi connectivity index (χ4v) is 4.83. The molecule has 158 valence electrons. The van der Waals surface area contributed by atoms with Crippen molar-refractivity contribution < 1.29 is 4.79 Å². The number of nitrogens with one attached hydrogen (secondary N) is 2. The maximum absolute atomic E-state index is 12.7. The van der Waals surface area contributed by atoms with Crippen molar-refractivity contribution in [3.8, 4) is 0 Å². The molecule has 1 aliphatic rings. The minimum atomic E-state index is 0.110. The minimum absolute atomic E-state index is 0.110. The molecule has 6 heteroatoms. The molecule has 0 aliphatic carbocycles. The smallest absolute Gasteiger partial charge is 0.265 e. The summed E-state index contributed by atoms with van der Waals surface area (Å²) >= 11 is 1.55. The Hall–Kier alpha value is -1.76. The van der Waals surface area contributed by atoms with Crippen molar-refractivity contribution in [3.05, 3.63) is 51.5 Å². The average molecular weight is 415 g/mol. The summed E-state index contributed by atoms with van der Waals surface area (Å²) < 4.78 is 0. The second kappa shape index (κ2) is 10.3. The molecule has 2 aromatic rings. The number of hydrogen-bond donors (Lipinski definition) is 2. The highest BCUT2D eigenvalue weighted by Crippen LogP contribution is 2.26. The van der Waals surface area contributed by atoms with E-state index in [0.717, 1.165) is 41.4 Å². The lowest BCUT2D eigenvalue weighted by Crippen LogP contribution is -2.30. The summed E-state index contributed by atoms with van der Waals surface area (Å²) in [5, 5.41) is 1.05. The zero-order valence-electron chi connectivity index (χ0n) is 18.1. The Kier molecular flexibility index (Phi) is 7.81. The summed E-state index contributed by atoms with van der Waals surface area (Å²) in [7, 11) is 1.91. The topological polar surface area (TPSA) is 57.3 Å². The number of hydrogen-bond acceptors (Lipinski definition) is 5. The van der Waals surface area contributed by atoms with Crippen molar-refractivity contribution in [3.63, 3.8) is 0 Å². The normalized spacial score (nSPS) is 19.1. The molecule has 2 atom stereocenters. The van der Waals surface area contributed by atoms with Gasteiger partial charge >= 0.3 is 0 Å². The lowest BCUT2D eigenvalue weighted by Gasteiger charge is -2.16. The number of unbranched alkanes of at least 4 members (excludes halogenated alkanes) is 2. The van der Waals surface area contributed by atoms with E-state index in [9.17, 15) is 4.79 Å². The fourth-order valence-electron chi connectivity index (χ4n) is 3.77. The summed E-state index contributed by atoms with van der Waals surface area (Å²) in [6.45, 7) is 6.98. The number of carbonyl (C=O) groups excluding carboxylic acids is 1. The van der Waals surface area contributed by atoms with E-state index in [1.54, 1.807) is 11.3 Å². The molecule has 2 N–H and O–H groups in total. The molecule has 0 radical (unpaired) electrons. The number of benzene rings is 1. The van der Waals surface area contributed by atoms with Gasteiger partial charge in [-0.3, -0.25) is 15.6 Å². The van der Waals surface area contributed by atoms with Gasteiger partial charge in [0.2, 0.25) is 0 Å². The van der Waals surface area contributed by atoms with Gasteiger partial charge in [-0.05, 0) is 31.7 Å². The number of aromatic nitrogens is 1. The Labute approximate surface area is 178 Å². The third-order valence-corrected chi connectivity index (χ3v) is 7.02. The number of thiazole rings is 1. The summed E-state index contributed by atoms with van der Waals surface area (Å²) in [6.07, 6.45) is 5.66. The molecule has 1 aromatic carbocycles. The number of nitrogens with zero attached hydrogens (tertiary/aromatic N) is 2. The number of aryl methyl sites for hydroxylation is 1. The molecule has 1 amide bonds. The first kappa shape index (κ1) is 21.9. The van der Waals surface area contributed by atoms with Gasteiger partial charge in [-0.25, -0.2) is 4.98 Å². The van der Waals surface area contributed by atoms with Crippen LogP contribution in [-0.2, 0) is 0 Å². The number of rotatable bonds is 9. The van der Waals surface area contributed by atoms with Crippen LogP contribution in [0.2, 0.25) is 0 Å². The van der Waals surface area contributed by atoms with Crippen LogP contribution in [0.15, 0.2) is 30.3 Å². The predicted molar refractivity (Wildman–Crippen MR) is 120 cm³/mol. The molecule has 1 saturated heterocycles. The van der Waals surface area contributed by atoms with E-state index in [-0.39, 0.29) is 5.91 Å². The van der Waals surface area contributed by atoms with Gasteiger partial charge in [0.1, 0.15) is 4.88 Å². The van der Waals surface area contributed by atoms with Crippen molar-refractivity contribution >= 4 is 17.2 Å². The SMILES string of the molecule is Cc1nc(C(C)C)sc1C(=O)N(C)CCCCCC1CC(c2ccccc2)NN1. The highest BCUT2D eigenvalue weighted by molar-refractivity contribution is 7.13. The fraction of sp³-hybridized carbons (Fsp3) is 0.565. The quantitative estimate of drug-likeness (QED) is 0.578. The van der Waals surface area contributed by atoms with Gasteiger partial charge in [0.15, 0.2) is 0 Å². The van der Waals surface area contributed by atoms with Gasteiger partial charge in [-0.1, -0.05) is 57.0 Å². The van der Waals surface area contributed by atoms with Gasteiger partial charge in [0.25, 0.3) is 5.91 Å². The van der Waals surface area contributed by atoms with Crippen molar-refractivity contribution in [1.82, 2.24) is 20.7 Å². The van der Waals surface area contributed by atoms with Crippen LogP contribution in [0.3, 0.4) is 0 Å². The van der Waals surface area contributed by atoms with Gasteiger partial charge < -0.3 is 4.90 Å². The van der Waals surface area contributed by atoms with Crippen molar-refractivity contribution in [2.75, 3.05) is 13.6 Å². The second-order valence-electron chi connectivity index (χ2n) is 8.38. The first-order valence-corrected chi connectivity index (χ1v) is 11.6. The Balaban J connectivity index is 1.35. The molecule has 1 fully saturated rings. The molecule has 2 heterocycles. The van der Waals surface area contributed by atoms with E-state index in [0.29, 0.717) is 18.0 Å². The molecular weight excluding hydrogens is 380 g/mol. The molecule has 0 spiro atoms. The lowest BCUT2D eigenvalue weighted by molar-refractivity contribution is 0.0796. The van der Waals surface area contributed by atoms with E-state index in [2.05, 4.69) is 60.0 Å². The maximum Gasteiger partial charge on any atom is 0.265 e. The summed E-state index contributed by atoms with van der Waals surface area (Å²) in [6, 6.07) is 11.5. The standard InChI is InChI=1S/C23H34N4OS/c1-16(2)22-24-17(3)21(29-22)23(28)27(4)14-10-6-9-13-19-15-20(26-25-19)18-11-7-5-8-12-18/h5,7-8,11-12,16,19-20,25-26H,6,9-10,13-15H2,1-4H3. The van der Waals surface area contributed by atoms with Crippen LogP contribution in [0.4, 0.5) is 0 Å². The van der Waals surface area contributed by atoms with E-state index < -0.39 is 0 Å². The zero-order valence-corrected chi connectivity index (χ0v) is 18.9. The van der Waals surface area contributed by atoms with E-state index in [1.165, 1.54) is 18.4 Å². The van der Waals surface area contributed by atoms with Crippen LogP contribution in [0.1, 0.15) is 83.8 Å². The Morgan fingerprint density at radius 3 is 2.66 bits per heavy atom. The van der Waals surface area contributed by atoms with Gasteiger partial charge in [-0.15, -0.1) is 11.3 Å². The van der Waals surface area contributed by atoms with Crippen LogP contribution in [0, 0.1) is 6.92 Å². The monoisotopic (exact) mass is 414 g/mol. The molecule has 3 rings (SSSR count).